The number of alkyl halides is 12. The maximum atomic E-state index is 14.5. The molecule has 0 saturated carbocycles. The fraction of sp³-hybridized carbons (Fsp3) is 0.0645. The van der Waals surface area contributed by atoms with E-state index in [9.17, 15) is 57.9 Å². The van der Waals surface area contributed by atoms with Gasteiger partial charge in [-0.2, -0.15) is 57.9 Å². The monoisotopic (exact) mass is 1090 g/mol. The van der Waals surface area contributed by atoms with Crippen molar-refractivity contribution in [3.8, 4) is 73.9 Å². The lowest BCUT2D eigenvalue weighted by atomic mass is 9.91. The Balaban J connectivity index is 1.24. The van der Waals surface area contributed by atoms with Crippen LogP contribution in [0.25, 0.3) is 111 Å². The molecule has 0 aliphatic rings. The second-order valence-electron chi connectivity index (χ2n) is 18.7. The maximum absolute atomic E-state index is 14.5. The number of benzene rings is 9. The van der Waals surface area contributed by atoms with Crippen molar-refractivity contribution in [3.05, 3.63) is 222 Å². The quantitative estimate of drug-likeness (QED) is 0.149. The molecule has 18 heteroatoms. The third-order valence-electron chi connectivity index (χ3n) is 13.9. The number of rotatable bonds is 7. The molecule has 6 nitrogen and oxygen atoms in total. The molecule has 12 aromatic rings. The zero-order valence-electron chi connectivity index (χ0n) is 40.7. The average molecular weight is 1090 g/mol. The summed E-state index contributed by atoms with van der Waals surface area (Å²) in [5.74, 6) is 0.480. The summed E-state index contributed by atoms with van der Waals surface area (Å²) in [6, 6.07) is 47.2. The van der Waals surface area contributed by atoms with Gasteiger partial charge in [0.05, 0.1) is 61.6 Å². The molecule has 3 aromatic heterocycles. The molecule has 80 heavy (non-hydrogen) atoms. The topological polar surface area (TPSA) is 72.3 Å². The van der Waals surface area contributed by atoms with E-state index in [1.165, 1.54) is 9.13 Å². The lowest BCUT2D eigenvalue weighted by Gasteiger charge is -2.20. The van der Waals surface area contributed by atoms with Crippen molar-refractivity contribution in [1.29, 1.82) is 5.26 Å². The van der Waals surface area contributed by atoms with E-state index in [0.29, 0.717) is 22.3 Å². The Kier molecular flexibility index (Phi) is 11.9. The molecule has 0 spiro atoms. The minimum atomic E-state index is -4.91. The number of nitrogens with zero attached hydrogens (tertiary/aromatic N) is 6. The lowest BCUT2D eigenvalue weighted by molar-refractivity contribution is -0.138. The summed E-state index contributed by atoms with van der Waals surface area (Å²) in [7, 11) is 0. The summed E-state index contributed by atoms with van der Waals surface area (Å²) < 4.78 is 177. The highest BCUT2D eigenvalue weighted by Crippen LogP contribution is 2.47. The van der Waals surface area contributed by atoms with Crippen LogP contribution in [0.1, 0.15) is 27.8 Å². The molecule has 394 valence electrons. The Morgan fingerprint density at radius 3 is 1.18 bits per heavy atom. The van der Waals surface area contributed by atoms with Crippen molar-refractivity contribution in [1.82, 2.24) is 24.1 Å². The molecule has 0 N–H and O–H groups in total. The van der Waals surface area contributed by atoms with Gasteiger partial charge in [-0.1, -0.05) is 84.9 Å². The van der Waals surface area contributed by atoms with Crippen molar-refractivity contribution in [2.75, 3.05) is 0 Å². The van der Waals surface area contributed by atoms with E-state index >= 15 is 0 Å². The van der Waals surface area contributed by atoms with Crippen molar-refractivity contribution in [2.24, 2.45) is 0 Å². The van der Waals surface area contributed by atoms with Crippen LogP contribution in [0.4, 0.5) is 52.7 Å². The van der Waals surface area contributed by atoms with Crippen LogP contribution < -0.4 is 0 Å². The van der Waals surface area contributed by atoms with Gasteiger partial charge in [-0.25, -0.2) is 15.0 Å². The first-order chi connectivity index (χ1) is 38.1. The molecule has 0 bridgehead atoms. The summed E-state index contributed by atoms with van der Waals surface area (Å²) in [6.07, 6.45) is -19.6. The van der Waals surface area contributed by atoms with Crippen LogP contribution in [0.15, 0.2) is 194 Å². The summed E-state index contributed by atoms with van der Waals surface area (Å²) in [4.78, 5) is 14.9. The fourth-order valence-corrected chi connectivity index (χ4v) is 10.3. The van der Waals surface area contributed by atoms with Crippen molar-refractivity contribution in [3.63, 3.8) is 0 Å². The number of nitriles is 1. The Hall–Kier alpha value is -9.76. The van der Waals surface area contributed by atoms with E-state index in [0.717, 1.165) is 72.8 Å². The predicted molar refractivity (Wildman–Crippen MR) is 280 cm³/mol. The smallest absolute Gasteiger partial charge is 0.309 e. The van der Waals surface area contributed by atoms with Gasteiger partial charge < -0.3 is 9.13 Å². The Morgan fingerprint density at radius 2 is 0.738 bits per heavy atom. The highest BCUT2D eigenvalue weighted by atomic mass is 19.4. The van der Waals surface area contributed by atoms with Gasteiger partial charge in [0.2, 0.25) is 0 Å². The van der Waals surface area contributed by atoms with Crippen LogP contribution in [-0.4, -0.2) is 24.1 Å². The minimum absolute atomic E-state index is 0.0479. The average Bonchev–Trinajstić information content (AvgIpc) is 4.11. The van der Waals surface area contributed by atoms with E-state index in [2.05, 4.69) is 6.07 Å². The molecule has 0 unspecified atom stereocenters. The number of fused-ring (bicyclic) bond motifs is 6. The van der Waals surface area contributed by atoms with Crippen molar-refractivity contribution >= 4 is 43.6 Å². The van der Waals surface area contributed by atoms with E-state index in [4.69, 9.17) is 15.0 Å². The first-order valence-electron chi connectivity index (χ1n) is 24.3. The summed E-state index contributed by atoms with van der Waals surface area (Å²) in [5, 5.41) is 9.68. The van der Waals surface area contributed by atoms with Crippen LogP contribution in [0.3, 0.4) is 0 Å². The minimum Gasteiger partial charge on any atom is -0.309 e. The van der Waals surface area contributed by atoms with Gasteiger partial charge in [0.1, 0.15) is 0 Å². The Labute approximate surface area is 444 Å². The van der Waals surface area contributed by atoms with Gasteiger partial charge >= 0.3 is 24.7 Å². The molecule has 0 amide bonds. The molecule has 3 heterocycles. The summed E-state index contributed by atoms with van der Waals surface area (Å²) >= 11 is 0. The number of aromatic nitrogens is 5. The highest BCUT2D eigenvalue weighted by Gasteiger charge is 2.36. The molecule has 12 rings (SSSR count). The first kappa shape index (κ1) is 51.0. The third kappa shape index (κ3) is 8.99. The molecule has 0 aliphatic carbocycles. The second kappa shape index (κ2) is 18.7. The Morgan fingerprint density at radius 1 is 0.325 bits per heavy atom. The van der Waals surface area contributed by atoms with E-state index in [1.807, 2.05) is 0 Å². The van der Waals surface area contributed by atoms with E-state index in [-0.39, 0.29) is 94.7 Å². The fourth-order valence-electron chi connectivity index (χ4n) is 10.3. The van der Waals surface area contributed by atoms with E-state index < -0.39 is 47.0 Å². The molecule has 0 atom stereocenters. The zero-order valence-corrected chi connectivity index (χ0v) is 40.7. The molecule has 9 aromatic carbocycles. The maximum Gasteiger partial charge on any atom is 0.416 e. The predicted octanol–water partition coefficient (Wildman–Crippen LogP) is 18.3. The van der Waals surface area contributed by atoms with Gasteiger partial charge in [0.25, 0.3) is 0 Å². The van der Waals surface area contributed by atoms with Crippen LogP contribution in [0.5, 0.6) is 0 Å². The SMILES string of the molecule is N#Cc1ccccc1-c1ccc(-n2c3ccc(C(F)(F)F)cc3c3cc(C(F)(F)F)ccc32)c(-c2cc(-n3c4ccc(C(F)(F)F)cc4c4cc(C(F)(F)F)ccc43)ccc2-c2nc(-c3ccccc3)nc(-c3ccccc3)n2)c1. The normalized spacial score (nSPS) is 12.5. The van der Waals surface area contributed by atoms with Crippen molar-refractivity contribution in [2.45, 2.75) is 24.7 Å². The molecule has 0 aliphatic heterocycles. The number of halogens is 12. The summed E-state index contributed by atoms with van der Waals surface area (Å²) in [5.41, 5.74) is -0.994. The molecular formula is C62H32F12N6. The van der Waals surface area contributed by atoms with Gasteiger partial charge in [-0.3, -0.25) is 0 Å². The van der Waals surface area contributed by atoms with E-state index in [1.54, 1.807) is 121 Å². The lowest BCUT2D eigenvalue weighted by Crippen LogP contribution is -2.05. The highest BCUT2D eigenvalue weighted by molar-refractivity contribution is 6.12. The van der Waals surface area contributed by atoms with Crippen LogP contribution in [-0.2, 0) is 24.7 Å². The first-order valence-corrected chi connectivity index (χ1v) is 24.3. The molecule has 0 fully saturated rings. The largest absolute Gasteiger partial charge is 0.416 e. The Bertz CT molecular complexity index is 4290. The number of hydrogen-bond donors (Lipinski definition) is 0. The number of hydrogen-bond acceptors (Lipinski definition) is 4. The van der Waals surface area contributed by atoms with Crippen LogP contribution in [0.2, 0.25) is 0 Å². The van der Waals surface area contributed by atoms with Crippen LogP contribution in [0, 0.1) is 11.3 Å². The van der Waals surface area contributed by atoms with Crippen LogP contribution >= 0.6 is 0 Å². The molecule has 0 saturated heterocycles. The van der Waals surface area contributed by atoms with Gasteiger partial charge in [-0.15, -0.1) is 0 Å². The van der Waals surface area contributed by atoms with Crippen molar-refractivity contribution < 1.29 is 52.7 Å². The molecular weight excluding hydrogens is 1060 g/mol. The summed E-state index contributed by atoms with van der Waals surface area (Å²) in [6.45, 7) is 0. The second-order valence-corrected chi connectivity index (χ2v) is 18.7. The standard InChI is InChI=1S/C62H32F12N6/c63-59(64,65)38-16-23-51-47(28-38)48-29-39(60(66,67)68)17-24-52(48)79(51)42-20-21-44(58-77-56(34-9-3-1-4-10-34)76-57(78-58)35-11-5-2-6-12-35)45(32-42)46-27-36(43-14-8-7-13-37(43)33-75)15-22-53(46)80-54-25-18-40(61(69,70)71)30-49(54)50-31-41(62(72,73)74)19-26-55(50)80/h1-32H. The zero-order chi connectivity index (χ0) is 56.0. The third-order valence-corrected chi connectivity index (χ3v) is 13.9. The van der Waals surface area contributed by atoms with Gasteiger partial charge in [0.15, 0.2) is 17.5 Å². The van der Waals surface area contributed by atoms with Gasteiger partial charge in [0, 0.05) is 49.5 Å². The van der Waals surface area contributed by atoms with Gasteiger partial charge in [-0.05, 0) is 126 Å². The molecule has 0 radical (unpaired) electrons.